The average Bonchev–Trinajstić information content (AvgIpc) is 3.49. The van der Waals surface area contributed by atoms with Gasteiger partial charge in [-0.3, -0.25) is 4.79 Å². The van der Waals surface area contributed by atoms with Crippen molar-refractivity contribution < 1.29 is 9.53 Å². The van der Waals surface area contributed by atoms with Gasteiger partial charge in [0.1, 0.15) is 6.61 Å². The molecule has 0 amide bonds. The molecule has 2 heterocycles. The summed E-state index contributed by atoms with van der Waals surface area (Å²) in [7, 11) is 0. The normalized spacial score (nSPS) is 25.4. The van der Waals surface area contributed by atoms with Gasteiger partial charge < -0.3 is 4.74 Å². The van der Waals surface area contributed by atoms with Crippen molar-refractivity contribution in [2.45, 2.75) is 52.6 Å². The largest absolute Gasteiger partial charge is 0.460 e. The number of halogens is 1. The highest BCUT2D eigenvalue weighted by molar-refractivity contribution is 7.16. The van der Waals surface area contributed by atoms with Gasteiger partial charge in [-0.25, -0.2) is 0 Å². The molecule has 3 atom stereocenters. The van der Waals surface area contributed by atoms with Crippen molar-refractivity contribution in [2.24, 2.45) is 17.8 Å². The third-order valence-electron chi connectivity index (χ3n) is 6.66. The van der Waals surface area contributed by atoms with E-state index in [1.54, 1.807) is 22.7 Å². The minimum atomic E-state index is -0.0150. The summed E-state index contributed by atoms with van der Waals surface area (Å²) in [5.74, 6) is 1.05. The number of allylic oxidation sites excluding steroid dienone is 4. The summed E-state index contributed by atoms with van der Waals surface area (Å²) in [5.41, 5.74) is 5.55. The predicted molar refractivity (Wildman–Crippen MR) is 122 cm³/mol. The molecule has 0 aliphatic heterocycles. The van der Waals surface area contributed by atoms with E-state index in [2.05, 4.69) is 38.1 Å². The molecule has 2 unspecified atom stereocenters. The SMILES string of the molecule is Cc1sc(Cl)cc1C1=C(c2cc(COC(=O)[C@@H]3CC4C=CC3C4)sc2C)CCC1. The van der Waals surface area contributed by atoms with Crippen LogP contribution in [-0.4, -0.2) is 5.97 Å². The van der Waals surface area contributed by atoms with Gasteiger partial charge in [-0.1, -0.05) is 23.8 Å². The van der Waals surface area contributed by atoms with Gasteiger partial charge in [-0.05, 0) is 92.2 Å². The summed E-state index contributed by atoms with van der Waals surface area (Å²) >= 11 is 9.69. The monoisotopic (exact) mass is 444 g/mol. The molecule has 2 nitrogen and oxygen atoms in total. The molecule has 0 aromatic carbocycles. The maximum Gasteiger partial charge on any atom is 0.309 e. The molecule has 152 valence electrons. The molecule has 0 saturated heterocycles. The lowest BCUT2D eigenvalue weighted by atomic mass is 9.94. The molecule has 29 heavy (non-hydrogen) atoms. The third-order valence-corrected chi connectivity index (χ3v) is 8.87. The van der Waals surface area contributed by atoms with E-state index in [4.69, 9.17) is 16.3 Å². The number of esters is 1. The van der Waals surface area contributed by atoms with Gasteiger partial charge in [-0.2, -0.15) is 0 Å². The Morgan fingerprint density at radius 3 is 2.41 bits per heavy atom. The molecule has 0 spiro atoms. The topological polar surface area (TPSA) is 26.3 Å². The molecule has 0 N–H and O–H groups in total. The van der Waals surface area contributed by atoms with Crippen molar-refractivity contribution in [3.8, 4) is 0 Å². The predicted octanol–water partition coefficient (Wildman–Crippen LogP) is 7.43. The van der Waals surface area contributed by atoms with Crippen molar-refractivity contribution in [2.75, 3.05) is 0 Å². The highest BCUT2D eigenvalue weighted by Crippen LogP contribution is 2.46. The Morgan fingerprint density at radius 2 is 1.79 bits per heavy atom. The van der Waals surface area contributed by atoms with E-state index in [1.807, 2.05) is 0 Å². The number of aryl methyl sites for hydroxylation is 2. The van der Waals surface area contributed by atoms with Gasteiger partial charge in [0.05, 0.1) is 10.3 Å². The number of hydrogen-bond acceptors (Lipinski definition) is 4. The maximum absolute atomic E-state index is 12.6. The fourth-order valence-electron chi connectivity index (χ4n) is 5.30. The average molecular weight is 445 g/mol. The lowest BCUT2D eigenvalue weighted by molar-refractivity contribution is -0.150. The standard InChI is InChI=1S/C24H25ClO2S2/c1-13-20(18-4-3-5-19(18)21-11-23(25)29-14(21)2)10-17(28-13)12-27-24(26)22-9-15-6-7-16(22)8-15/h6-7,10-11,15-16,22H,3-5,8-9,12H2,1-2H3/t15?,16?,22-/m1/s1. The van der Waals surface area contributed by atoms with E-state index in [1.165, 1.54) is 38.4 Å². The van der Waals surface area contributed by atoms with Crippen molar-refractivity contribution in [3.63, 3.8) is 0 Å². The van der Waals surface area contributed by atoms with E-state index < -0.39 is 0 Å². The van der Waals surface area contributed by atoms with E-state index in [0.717, 1.165) is 34.9 Å². The van der Waals surface area contributed by atoms with Crippen molar-refractivity contribution in [1.29, 1.82) is 0 Å². The summed E-state index contributed by atoms with van der Waals surface area (Å²) in [6, 6.07) is 4.37. The van der Waals surface area contributed by atoms with Crippen LogP contribution in [0.2, 0.25) is 4.34 Å². The first-order chi connectivity index (χ1) is 14.0. The summed E-state index contributed by atoms with van der Waals surface area (Å²) in [6.07, 6.45) is 9.98. The Morgan fingerprint density at radius 1 is 1.07 bits per heavy atom. The highest BCUT2D eigenvalue weighted by Gasteiger charge is 2.40. The number of fused-ring (bicyclic) bond motifs is 2. The first-order valence-corrected chi connectivity index (χ1v) is 12.4. The van der Waals surface area contributed by atoms with E-state index in [9.17, 15) is 4.79 Å². The van der Waals surface area contributed by atoms with Gasteiger partial charge in [0.15, 0.2) is 0 Å². The smallest absolute Gasteiger partial charge is 0.309 e. The zero-order chi connectivity index (χ0) is 20.1. The summed E-state index contributed by atoms with van der Waals surface area (Å²) in [4.78, 5) is 16.3. The lowest BCUT2D eigenvalue weighted by Gasteiger charge is -2.16. The van der Waals surface area contributed by atoms with Crippen molar-refractivity contribution in [1.82, 2.24) is 0 Å². The summed E-state index contributed by atoms with van der Waals surface area (Å²) in [5, 5.41) is 0. The molecule has 0 radical (unpaired) electrons. The number of thiophene rings is 2. The van der Waals surface area contributed by atoms with Gasteiger partial charge in [0.2, 0.25) is 0 Å². The fraction of sp³-hybridized carbons (Fsp3) is 0.458. The van der Waals surface area contributed by atoms with Crippen LogP contribution >= 0.6 is 34.3 Å². The third kappa shape index (κ3) is 3.64. The molecular formula is C24H25ClO2S2. The molecule has 2 aromatic rings. The molecule has 5 heteroatoms. The number of carbonyl (C=O) groups excluding carboxylic acids is 1. The number of ether oxygens (including phenoxy) is 1. The molecule has 3 aliphatic rings. The van der Waals surface area contributed by atoms with Gasteiger partial charge >= 0.3 is 5.97 Å². The Kier molecular flexibility index (Phi) is 5.21. The summed E-state index contributed by atoms with van der Waals surface area (Å²) in [6.45, 7) is 4.74. The number of hydrogen-bond donors (Lipinski definition) is 0. The van der Waals surface area contributed by atoms with Crippen LogP contribution in [0.15, 0.2) is 24.3 Å². The van der Waals surface area contributed by atoms with E-state index in [0.29, 0.717) is 18.4 Å². The quantitative estimate of drug-likeness (QED) is 0.354. The van der Waals surface area contributed by atoms with Gasteiger partial charge in [-0.15, -0.1) is 22.7 Å². The van der Waals surface area contributed by atoms with Crippen molar-refractivity contribution in [3.05, 3.63) is 54.4 Å². The molecule has 1 saturated carbocycles. The Labute approximate surface area is 185 Å². The molecule has 1 fully saturated rings. The van der Waals surface area contributed by atoms with Crippen LogP contribution in [0.5, 0.6) is 0 Å². The zero-order valence-corrected chi connectivity index (χ0v) is 19.2. The molecule has 2 bridgehead atoms. The highest BCUT2D eigenvalue weighted by atomic mass is 35.5. The minimum Gasteiger partial charge on any atom is -0.460 e. The Bertz CT molecular complexity index is 1030. The minimum absolute atomic E-state index is 0.0150. The van der Waals surface area contributed by atoms with Crippen LogP contribution in [0.3, 0.4) is 0 Å². The van der Waals surface area contributed by atoms with Gasteiger partial charge in [0, 0.05) is 14.6 Å². The molecule has 2 aromatic heterocycles. The second-order valence-corrected chi connectivity index (χ2v) is 11.7. The number of carbonyl (C=O) groups is 1. The zero-order valence-electron chi connectivity index (χ0n) is 16.8. The molecule has 5 rings (SSSR count). The lowest BCUT2D eigenvalue weighted by Crippen LogP contribution is -2.21. The molecule has 3 aliphatic carbocycles. The van der Waals surface area contributed by atoms with E-state index in [-0.39, 0.29) is 11.9 Å². The van der Waals surface area contributed by atoms with E-state index >= 15 is 0 Å². The summed E-state index contributed by atoms with van der Waals surface area (Å²) < 4.78 is 6.60. The first-order valence-electron chi connectivity index (χ1n) is 10.4. The molecular weight excluding hydrogens is 420 g/mol. The van der Waals surface area contributed by atoms with Crippen LogP contribution in [-0.2, 0) is 16.1 Å². The van der Waals surface area contributed by atoms with Crippen LogP contribution in [0.1, 0.15) is 57.9 Å². The maximum atomic E-state index is 12.6. The van der Waals surface area contributed by atoms with Crippen LogP contribution < -0.4 is 0 Å². The van der Waals surface area contributed by atoms with Crippen LogP contribution in [0, 0.1) is 31.6 Å². The Balaban J connectivity index is 1.33. The van der Waals surface area contributed by atoms with Gasteiger partial charge in [0.25, 0.3) is 0 Å². The van der Waals surface area contributed by atoms with Crippen LogP contribution in [0.4, 0.5) is 0 Å². The first kappa shape index (κ1) is 19.6. The second kappa shape index (κ2) is 7.72. The number of rotatable bonds is 5. The second-order valence-electron chi connectivity index (χ2n) is 8.51. The van der Waals surface area contributed by atoms with Crippen molar-refractivity contribution >= 4 is 51.4 Å². The fourth-order valence-corrected chi connectivity index (χ4v) is 7.50. The van der Waals surface area contributed by atoms with Crippen LogP contribution in [0.25, 0.3) is 11.1 Å². The Hall–Kier alpha value is -1.36.